The van der Waals surface area contributed by atoms with Crippen LogP contribution in [0.25, 0.3) is 11.1 Å². The minimum atomic E-state index is -0.579. The van der Waals surface area contributed by atoms with Crippen LogP contribution in [0.5, 0.6) is 0 Å². The van der Waals surface area contributed by atoms with Gasteiger partial charge in [-0.2, -0.15) is 0 Å². The van der Waals surface area contributed by atoms with Gasteiger partial charge in [-0.1, -0.05) is 83.5 Å². The number of rotatable bonds is 7. The fraction of sp³-hybridized carbons (Fsp3) is 0.103. The number of aldehydes is 1. The zero-order valence-corrected chi connectivity index (χ0v) is 21.7. The van der Waals surface area contributed by atoms with Gasteiger partial charge in [0.25, 0.3) is 0 Å². The number of amides is 1. The van der Waals surface area contributed by atoms with E-state index in [-0.39, 0.29) is 24.6 Å². The first-order valence-corrected chi connectivity index (χ1v) is 13.0. The molecule has 0 saturated carbocycles. The van der Waals surface area contributed by atoms with Crippen LogP contribution in [0.4, 0.5) is 9.18 Å². The van der Waals surface area contributed by atoms with Crippen molar-refractivity contribution in [2.24, 2.45) is 0 Å². The second-order valence-corrected chi connectivity index (χ2v) is 10.4. The van der Waals surface area contributed by atoms with Gasteiger partial charge in [0, 0.05) is 32.8 Å². The number of benzene rings is 4. The van der Waals surface area contributed by atoms with Gasteiger partial charge in [-0.05, 0) is 58.1 Å². The van der Waals surface area contributed by atoms with E-state index in [1.807, 2.05) is 24.3 Å². The summed E-state index contributed by atoms with van der Waals surface area (Å²) in [6.07, 6.45) is 0.00777. The molecular weight excluding hydrogens is 532 g/mol. The Balaban J connectivity index is 1.29. The Morgan fingerprint density at radius 1 is 0.973 bits per heavy atom. The van der Waals surface area contributed by atoms with Crippen LogP contribution in [-0.4, -0.2) is 19.0 Å². The lowest BCUT2D eigenvalue weighted by Gasteiger charge is -2.16. The number of halogens is 3. The van der Waals surface area contributed by atoms with Crippen molar-refractivity contribution >= 4 is 47.3 Å². The topological polar surface area (TPSA) is 55.4 Å². The van der Waals surface area contributed by atoms with Crippen LogP contribution in [0.3, 0.4) is 0 Å². The van der Waals surface area contributed by atoms with Crippen molar-refractivity contribution in [2.45, 2.75) is 22.3 Å². The summed E-state index contributed by atoms with van der Waals surface area (Å²) in [5.74, 6) is -0.559. The molecule has 4 nitrogen and oxygen atoms in total. The van der Waals surface area contributed by atoms with Gasteiger partial charge < -0.3 is 10.1 Å². The number of fused-ring (bicyclic) bond motifs is 3. The van der Waals surface area contributed by atoms with Crippen LogP contribution in [0.2, 0.25) is 10.0 Å². The van der Waals surface area contributed by atoms with Gasteiger partial charge >= 0.3 is 6.09 Å². The predicted octanol–water partition coefficient (Wildman–Crippen LogP) is 8.13. The fourth-order valence-electron chi connectivity index (χ4n) is 4.49. The maximum Gasteiger partial charge on any atom is 0.407 e. The standard InChI is InChI=1S/C29H20Cl2FNO3S/c30-19-11-17(28(26(31)13-19)37-27-10-9-20(32)12-18(27)15-34)14-33-29(35)36-16-25-23-7-3-1-5-21(23)22-6-2-4-8-24(22)25/h1-13,15,25H,14,16H2,(H,33,35). The van der Waals surface area contributed by atoms with Crippen LogP contribution in [0.15, 0.2) is 88.7 Å². The zero-order chi connectivity index (χ0) is 25.9. The van der Waals surface area contributed by atoms with Gasteiger partial charge in [-0.15, -0.1) is 0 Å². The summed E-state index contributed by atoms with van der Waals surface area (Å²) in [4.78, 5) is 25.2. The Bertz CT molecular complexity index is 1470. The highest BCUT2D eigenvalue weighted by Crippen LogP contribution is 2.44. The Hall–Kier alpha value is -3.32. The first-order chi connectivity index (χ1) is 17.9. The number of hydrogen-bond donors (Lipinski definition) is 1. The number of hydrogen-bond acceptors (Lipinski definition) is 4. The molecule has 186 valence electrons. The van der Waals surface area contributed by atoms with E-state index >= 15 is 0 Å². The molecule has 1 amide bonds. The summed E-state index contributed by atoms with van der Waals surface area (Å²) >= 11 is 13.9. The lowest BCUT2D eigenvalue weighted by molar-refractivity contribution is 0.112. The van der Waals surface area contributed by atoms with Crippen LogP contribution < -0.4 is 5.32 Å². The molecule has 1 aliphatic rings. The van der Waals surface area contributed by atoms with E-state index < -0.39 is 11.9 Å². The number of alkyl carbamates (subject to hydrolysis) is 1. The van der Waals surface area contributed by atoms with Crippen molar-refractivity contribution in [2.75, 3.05) is 6.61 Å². The molecule has 0 saturated heterocycles. The van der Waals surface area contributed by atoms with Crippen LogP contribution in [0.1, 0.15) is 33.0 Å². The monoisotopic (exact) mass is 551 g/mol. The smallest absolute Gasteiger partial charge is 0.407 e. The van der Waals surface area contributed by atoms with E-state index in [1.54, 1.807) is 12.1 Å². The predicted molar refractivity (Wildman–Crippen MR) is 144 cm³/mol. The molecule has 0 unspecified atom stereocenters. The second kappa shape index (κ2) is 11.0. The molecule has 4 aromatic rings. The quantitative estimate of drug-likeness (QED) is 0.235. The third kappa shape index (κ3) is 5.37. The highest BCUT2D eigenvalue weighted by Gasteiger charge is 2.29. The van der Waals surface area contributed by atoms with Crippen LogP contribution in [-0.2, 0) is 11.3 Å². The Morgan fingerprint density at radius 3 is 2.32 bits per heavy atom. The van der Waals surface area contributed by atoms with E-state index in [4.69, 9.17) is 27.9 Å². The maximum atomic E-state index is 13.6. The van der Waals surface area contributed by atoms with Crippen molar-refractivity contribution in [3.05, 3.63) is 117 Å². The van der Waals surface area contributed by atoms with Gasteiger partial charge in [0.1, 0.15) is 12.4 Å². The third-order valence-electron chi connectivity index (χ3n) is 6.16. The SMILES string of the molecule is O=Cc1cc(F)ccc1Sc1c(Cl)cc(Cl)cc1CNC(=O)OCC1c2ccccc2-c2ccccc21. The summed E-state index contributed by atoms with van der Waals surface area (Å²) in [6, 6.07) is 23.4. The molecule has 1 N–H and O–H groups in total. The van der Waals surface area contributed by atoms with Gasteiger partial charge in [0.2, 0.25) is 0 Å². The number of carbonyl (C=O) groups is 2. The molecule has 37 heavy (non-hydrogen) atoms. The van der Waals surface area contributed by atoms with Crippen molar-refractivity contribution in [3.8, 4) is 11.1 Å². The van der Waals surface area contributed by atoms with Crippen molar-refractivity contribution < 1.29 is 18.7 Å². The Kier molecular flexibility index (Phi) is 7.51. The first kappa shape index (κ1) is 25.3. The van der Waals surface area contributed by atoms with Crippen LogP contribution >= 0.6 is 35.0 Å². The van der Waals surface area contributed by atoms with Gasteiger partial charge in [0.15, 0.2) is 6.29 Å². The molecule has 0 aliphatic heterocycles. The molecule has 8 heteroatoms. The van der Waals surface area contributed by atoms with Gasteiger partial charge in [-0.3, -0.25) is 4.79 Å². The summed E-state index contributed by atoms with van der Waals surface area (Å²) < 4.78 is 19.2. The lowest BCUT2D eigenvalue weighted by Crippen LogP contribution is -2.26. The van der Waals surface area contributed by atoms with E-state index in [0.717, 1.165) is 28.3 Å². The van der Waals surface area contributed by atoms with Gasteiger partial charge in [0.05, 0.1) is 5.02 Å². The third-order valence-corrected chi connectivity index (χ3v) is 8.07. The number of carbonyl (C=O) groups excluding carboxylic acids is 2. The molecule has 0 radical (unpaired) electrons. The Labute approximate surface area is 227 Å². The normalized spacial score (nSPS) is 12.1. The Morgan fingerprint density at radius 2 is 1.65 bits per heavy atom. The van der Waals surface area contributed by atoms with Crippen molar-refractivity contribution in [3.63, 3.8) is 0 Å². The zero-order valence-electron chi connectivity index (χ0n) is 19.3. The molecule has 0 atom stereocenters. The van der Waals surface area contributed by atoms with E-state index in [9.17, 15) is 14.0 Å². The molecular formula is C29H20Cl2FNO3S. The second-order valence-electron chi connectivity index (χ2n) is 8.46. The molecule has 0 bridgehead atoms. The van der Waals surface area contributed by atoms with E-state index in [0.29, 0.717) is 31.7 Å². The number of ether oxygens (including phenoxy) is 1. The van der Waals surface area contributed by atoms with Gasteiger partial charge in [-0.25, -0.2) is 9.18 Å². The number of nitrogens with one attached hydrogen (secondary N) is 1. The first-order valence-electron chi connectivity index (χ1n) is 11.4. The van der Waals surface area contributed by atoms with Crippen molar-refractivity contribution in [1.29, 1.82) is 0 Å². The molecule has 5 rings (SSSR count). The molecule has 0 spiro atoms. The molecule has 0 fully saturated rings. The summed E-state index contributed by atoms with van der Waals surface area (Å²) in [5.41, 5.74) is 5.39. The summed E-state index contributed by atoms with van der Waals surface area (Å²) in [7, 11) is 0. The highest BCUT2D eigenvalue weighted by atomic mass is 35.5. The minimum absolute atomic E-state index is 0.0508. The van der Waals surface area contributed by atoms with Crippen molar-refractivity contribution in [1.82, 2.24) is 5.32 Å². The summed E-state index contributed by atoms with van der Waals surface area (Å²) in [6.45, 7) is 0.285. The minimum Gasteiger partial charge on any atom is -0.449 e. The molecule has 4 aromatic carbocycles. The fourth-order valence-corrected chi connectivity index (χ4v) is 6.14. The average Bonchev–Trinajstić information content (AvgIpc) is 3.22. The molecule has 1 aliphatic carbocycles. The summed E-state index contributed by atoms with van der Waals surface area (Å²) in [5, 5.41) is 3.51. The maximum absolute atomic E-state index is 13.6. The van der Waals surface area contributed by atoms with E-state index in [2.05, 4.69) is 29.6 Å². The highest BCUT2D eigenvalue weighted by molar-refractivity contribution is 7.99. The molecule has 0 heterocycles. The van der Waals surface area contributed by atoms with E-state index in [1.165, 1.54) is 23.9 Å². The van der Waals surface area contributed by atoms with Crippen LogP contribution in [0, 0.1) is 5.82 Å². The lowest BCUT2D eigenvalue weighted by atomic mass is 9.98. The largest absolute Gasteiger partial charge is 0.449 e. The molecule has 0 aromatic heterocycles. The average molecular weight is 552 g/mol.